The molecule has 1 amide bonds. The van der Waals surface area contributed by atoms with Crippen LogP contribution in [0.2, 0.25) is 5.02 Å². The van der Waals surface area contributed by atoms with Crippen LogP contribution in [0.4, 0.5) is 5.69 Å². The van der Waals surface area contributed by atoms with Gasteiger partial charge < -0.3 is 15.5 Å². The van der Waals surface area contributed by atoms with E-state index in [2.05, 4.69) is 12.2 Å². The minimum Gasteiger partial charge on any atom is -0.469 e. The minimum atomic E-state index is -0.526. The maximum Gasteiger partial charge on any atom is 0.250 e. The van der Waals surface area contributed by atoms with Crippen molar-refractivity contribution in [3.05, 3.63) is 52.9 Å². The second-order valence-corrected chi connectivity index (χ2v) is 5.13. The third kappa shape index (κ3) is 3.78. The fourth-order valence-electron chi connectivity index (χ4n) is 1.97. The third-order valence-corrected chi connectivity index (χ3v) is 3.38. The fourth-order valence-corrected chi connectivity index (χ4v) is 2.18. The molecule has 2 rings (SSSR count). The second kappa shape index (κ2) is 6.48. The number of halogens is 1. The predicted molar refractivity (Wildman–Crippen MR) is 80.1 cm³/mol. The van der Waals surface area contributed by atoms with Crippen molar-refractivity contribution in [3.63, 3.8) is 0 Å². The van der Waals surface area contributed by atoms with Crippen molar-refractivity contribution in [3.8, 4) is 0 Å². The van der Waals surface area contributed by atoms with Crippen LogP contribution in [-0.4, -0.2) is 11.9 Å². The van der Waals surface area contributed by atoms with Crippen molar-refractivity contribution >= 4 is 23.2 Å². The molecule has 4 nitrogen and oxygen atoms in total. The molecule has 1 atom stereocenters. The summed E-state index contributed by atoms with van der Waals surface area (Å²) in [6.07, 6.45) is 3.45. The van der Waals surface area contributed by atoms with Gasteiger partial charge in [0.2, 0.25) is 5.91 Å². The molecule has 0 radical (unpaired) electrons. The number of amides is 1. The lowest BCUT2D eigenvalue weighted by molar-refractivity contribution is 0.100. The Hall–Kier alpha value is -1.94. The number of hydrogen-bond acceptors (Lipinski definition) is 3. The zero-order chi connectivity index (χ0) is 14.5. The average Bonchev–Trinajstić information content (AvgIpc) is 2.91. The largest absolute Gasteiger partial charge is 0.469 e. The summed E-state index contributed by atoms with van der Waals surface area (Å²) in [6.45, 7) is 2.07. The Balaban J connectivity index is 1.95. The number of carbonyl (C=O) groups excluding carboxylic acids is 1. The predicted octanol–water partition coefficient (Wildman–Crippen LogP) is 3.47. The number of aryl methyl sites for hydroxylation is 1. The van der Waals surface area contributed by atoms with Gasteiger partial charge in [-0.05, 0) is 43.7 Å². The number of nitrogens with two attached hydrogens (primary N) is 1. The van der Waals surface area contributed by atoms with E-state index in [0.29, 0.717) is 10.6 Å². The highest BCUT2D eigenvalue weighted by Crippen LogP contribution is 2.21. The Morgan fingerprint density at radius 2 is 2.25 bits per heavy atom. The molecule has 0 aliphatic carbocycles. The Kier molecular flexibility index (Phi) is 4.69. The third-order valence-electron chi connectivity index (χ3n) is 3.05. The van der Waals surface area contributed by atoms with Gasteiger partial charge in [-0.3, -0.25) is 4.79 Å². The van der Waals surface area contributed by atoms with E-state index in [1.807, 2.05) is 18.2 Å². The monoisotopic (exact) mass is 292 g/mol. The zero-order valence-electron chi connectivity index (χ0n) is 11.2. The van der Waals surface area contributed by atoms with Crippen LogP contribution in [0.3, 0.4) is 0 Å². The molecule has 0 bridgehead atoms. The molecule has 1 heterocycles. The maximum absolute atomic E-state index is 11.2. The molecule has 0 saturated carbocycles. The van der Waals surface area contributed by atoms with Crippen LogP contribution in [0.15, 0.2) is 41.0 Å². The first kappa shape index (κ1) is 14.5. The number of hydrogen-bond donors (Lipinski definition) is 2. The van der Waals surface area contributed by atoms with Gasteiger partial charge in [-0.2, -0.15) is 0 Å². The SMILES string of the molecule is CC(CCc1ccco1)Nc1ccc(Cl)c(C(N)=O)c1. The molecule has 0 saturated heterocycles. The number of furan rings is 1. The molecular formula is C15H17ClN2O2. The van der Waals surface area contributed by atoms with Crippen LogP contribution in [-0.2, 0) is 6.42 Å². The van der Waals surface area contributed by atoms with Gasteiger partial charge in [0.1, 0.15) is 5.76 Å². The van der Waals surface area contributed by atoms with E-state index in [-0.39, 0.29) is 6.04 Å². The number of carbonyl (C=O) groups is 1. The van der Waals surface area contributed by atoms with Crippen LogP contribution in [0.1, 0.15) is 29.5 Å². The van der Waals surface area contributed by atoms with Crippen molar-refractivity contribution in [2.45, 2.75) is 25.8 Å². The standard InChI is InChI=1S/C15H17ClN2O2/c1-10(4-6-12-3-2-8-20-12)18-11-5-7-14(16)13(9-11)15(17)19/h2-3,5,7-10,18H,4,6H2,1H3,(H2,17,19). The van der Waals surface area contributed by atoms with Crippen molar-refractivity contribution in [2.24, 2.45) is 5.73 Å². The second-order valence-electron chi connectivity index (χ2n) is 4.72. The minimum absolute atomic E-state index is 0.238. The van der Waals surface area contributed by atoms with Crippen LogP contribution in [0.5, 0.6) is 0 Å². The van der Waals surface area contributed by atoms with Crippen LogP contribution < -0.4 is 11.1 Å². The topological polar surface area (TPSA) is 68.3 Å². The highest BCUT2D eigenvalue weighted by molar-refractivity contribution is 6.33. The molecule has 0 aliphatic heterocycles. The Bertz CT molecular complexity index is 582. The van der Waals surface area contributed by atoms with Crippen LogP contribution in [0.25, 0.3) is 0 Å². The number of nitrogens with one attached hydrogen (secondary N) is 1. The number of anilines is 1. The highest BCUT2D eigenvalue weighted by Gasteiger charge is 2.09. The first-order valence-corrected chi connectivity index (χ1v) is 6.82. The molecule has 3 N–H and O–H groups in total. The summed E-state index contributed by atoms with van der Waals surface area (Å²) in [7, 11) is 0. The molecule has 1 aromatic heterocycles. The van der Waals surface area contributed by atoms with E-state index in [0.717, 1.165) is 24.3 Å². The van der Waals surface area contributed by atoms with Gasteiger partial charge in [0, 0.05) is 18.2 Å². The maximum atomic E-state index is 11.2. The van der Waals surface area contributed by atoms with Crippen molar-refractivity contribution in [2.75, 3.05) is 5.32 Å². The highest BCUT2D eigenvalue weighted by atomic mass is 35.5. The molecular weight excluding hydrogens is 276 g/mol. The summed E-state index contributed by atoms with van der Waals surface area (Å²) in [6, 6.07) is 9.25. The molecule has 1 aromatic carbocycles. The summed E-state index contributed by atoms with van der Waals surface area (Å²) in [5.74, 6) is 0.439. The Labute approximate surface area is 122 Å². The summed E-state index contributed by atoms with van der Waals surface area (Å²) in [5, 5.41) is 3.69. The van der Waals surface area contributed by atoms with Crippen LogP contribution in [0, 0.1) is 0 Å². The average molecular weight is 293 g/mol. The van der Waals surface area contributed by atoms with Crippen LogP contribution >= 0.6 is 11.6 Å². The lowest BCUT2D eigenvalue weighted by Crippen LogP contribution is -2.17. The summed E-state index contributed by atoms with van der Waals surface area (Å²) in [5.41, 5.74) is 6.43. The van der Waals surface area contributed by atoms with E-state index in [1.54, 1.807) is 18.4 Å². The van der Waals surface area contributed by atoms with Crippen molar-refractivity contribution in [1.29, 1.82) is 0 Å². The van der Waals surface area contributed by atoms with Gasteiger partial charge in [-0.25, -0.2) is 0 Å². The van der Waals surface area contributed by atoms with E-state index in [4.69, 9.17) is 21.8 Å². The zero-order valence-corrected chi connectivity index (χ0v) is 12.0. The van der Waals surface area contributed by atoms with E-state index >= 15 is 0 Å². The van der Waals surface area contributed by atoms with Gasteiger partial charge >= 0.3 is 0 Å². The van der Waals surface area contributed by atoms with Gasteiger partial charge in [0.25, 0.3) is 0 Å². The van der Waals surface area contributed by atoms with Gasteiger partial charge in [-0.15, -0.1) is 0 Å². The van der Waals surface area contributed by atoms with Crippen molar-refractivity contribution < 1.29 is 9.21 Å². The number of benzene rings is 1. The molecule has 0 aliphatic rings. The molecule has 20 heavy (non-hydrogen) atoms. The summed E-state index contributed by atoms with van der Waals surface area (Å²) in [4.78, 5) is 11.2. The number of primary amides is 1. The fraction of sp³-hybridized carbons (Fsp3) is 0.267. The molecule has 2 aromatic rings. The summed E-state index contributed by atoms with van der Waals surface area (Å²) < 4.78 is 5.29. The van der Waals surface area contributed by atoms with Gasteiger partial charge in [0.05, 0.1) is 16.8 Å². The molecule has 5 heteroatoms. The lowest BCUT2D eigenvalue weighted by atomic mass is 10.1. The Morgan fingerprint density at radius 1 is 1.45 bits per heavy atom. The normalized spacial score (nSPS) is 12.1. The molecule has 1 unspecified atom stereocenters. The molecule has 0 spiro atoms. The quantitative estimate of drug-likeness (QED) is 0.856. The summed E-state index contributed by atoms with van der Waals surface area (Å²) >= 11 is 5.92. The van der Waals surface area contributed by atoms with E-state index < -0.39 is 5.91 Å². The first-order chi connectivity index (χ1) is 9.56. The van der Waals surface area contributed by atoms with Crippen molar-refractivity contribution in [1.82, 2.24) is 0 Å². The van der Waals surface area contributed by atoms with Gasteiger partial charge in [-0.1, -0.05) is 11.6 Å². The van der Waals surface area contributed by atoms with Gasteiger partial charge in [0.15, 0.2) is 0 Å². The molecule has 106 valence electrons. The van der Waals surface area contributed by atoms with E-state index in [1.165, 1.54) is 0 Å². The Morgan fingerprint density at radius 3 is 2.90 bits per heavy atom. The number of rotatable bonds is 6. The lowest BCUT2D eigenvalue weighted by Gasteiger charge is -2.15. The first-order valence-electron chi connectivity index (χ1n) is 6.44. The smallest absolute Gasteiger partial charge is 0.250 e. The molecule has 0 fully saturated rings. The van der Waals surface area contributed by atoms with E-state index in [9.17, 15) is 4.79 Å².